The second kappa shape index (κ2) is 3.60. The molecule has 0 bridgehead atoms. The zero-order valence-electron chi connectivity index (χ0n) is 8.94. The number of Topliss-reactive ketones (excluding diaryl/α,β-unsaturated/α-hetero) is 1. The molecule has 1 aliphatic carbocycles. The molecular formula is C15H12O. The quantitative estimate of drug-likeness (QED) is 0.701. The van der Waals surface area contributed by atoms with Crippen LogP contribution in [0.3, 0.4) is 0 Å². The van der Waals surface area contributed by atoms with Gasteiger partial charge in [-0.1, -0.05) is 42.5 Å². The van der Waals surface area contributed by atoms with Crippen LogP contribution in [0.1, 0.15) is 22.3 Å². The number of rotatable bonds is 1. The van der Waals surface area contributed by atoms with Crippen LogP contribution in [0.4, 0.5) is 0 Å². The first-order valence-corrected chi connectivity index (χ1v) is 5.56. The van der Waals surface area contributed by atoms with Gasteiger partial charge in [0.15, 0.2) is 5.78 Å². The molecule has 0 N–H and O–H groups in total. The van der Waals surface area contributed by atoms with E-state index in [-0.39, 0.29) is 5.78 Å². The standard InChI is InChI=1S/C15H12O/c16-15-9-8-12-6-7-13(10-14(12)15)11-4-2-1-3-5-11/h1-7,10H,8-9H2. The minimum Gasteiger partial charge on any atom is -0.294 e. The first-order chi connectivity index (χ1) is 7.84. The number of hydrogen-bond donors (Lipinski definition) is 0. The van der Waals surface area contributed by atoms with Crippen molar-refractivity contribution in [3.05, 3.63) is 59.7 Å². The van der Waals surface area contributed by atoms with Crippen LogP contribution in [0.15, 0.2) is 48.5 Å². The van der Waals surface area contributed by atoms with Crippen molar-refractivity contribution in [2.24, 2.45) is 0 Å². The van der Waals surface area contributed by atoms with Crippen LogP contribution < -0.4 is 0 Å². The average Bonchev–Trinajstić information content (AvgIpc) is 2.72. The number of carbonyl (C=O) groups is 1. The molecule has 3 rings (SSSR count). The fourth-order valence-corrected chi connectivity index (χ4v) is 2.25. The first kappa shape index (κ1) is 9.34. The number of ketones is 1. The van der Waals surface area contributed by atoms with Gasteiger partial charge in [0.1, 0.15) is 0 Å². The molecule has 78 valence electrons. The van der Waals surface area contributed by atoms with Crippen molar-refractivity contribution in [1.29, 1.82) is 0 Å². The topological polar surface area (TPSA) is 17.1 Å². The predicted octanol–water partition coefficient (Wildman–Crippen LogP) is 3.48. The molecule has 0 amide bonds. The number of hydrogen-bond acceptors (Lipinski definition) is 1. The monoisotopic (exact) mass is 208 g/mol. The summed E-state index contributed by atoms with van der Waals surface area (Å²) >= 11 is 0. The Morgan fingerprint density at radius 3 is 2.44 bits per heavy atom. The van der Waals surface area contributed by atoms with Crippen molar-refractivity contribution in [2.75, 3.05) is 0 Å². The van der Waals surface area contributed by atoms with Crippen LogP contribution in [0, 0.1) is 0 Å². The van der Waals surface area contributed by atoms with Gasteiger partial charge in [0.05, 0.1) is 0 Å². The van der Waals surface area contributed by atoms with E-state index in [0.29, 0.717) is 6.42 Å². The van der Waals surface area contributed by atoms with E-state index in [4.69, 9.17) is 0 Å². The summed E-state index contributed by atoms with van der Waals surface area (Å²) in [6, 6.07) is 16.4. The Hall–Kier alpha value is -1.89. The summed E-state index contributed by atoms with van der Waals surface area (Å²) in [5, 5.41) is 0. The molecule has 0 saturated heterocycles. The zero-order valence-corrected chi connectivity index (χ0v) is 8.94. The van der Waals surface area contributed by atoms with E-state index in [9.17, 15) is 4.79 Å². The van der Waals surface area contributed by atoms with E-state index in [0.717, 1.165) is 17.5 Å². The van der Waals surface area contributed by atoms with E-state index in [1.54, 1.807) is 0 Å². The lowest BCUT2D eigenvalue weighted by Gasteiger charge is -2.04. The van der Waals surface area contributed by atoms with E-state index in [1.165, 1.54) is 11.1 Å². The third-order valence-electron chi connectivity index (χ3n) is 3.14. The highest BCUT2D eigenvalue weighted by Gasteiger charge is 2.19. The first-order valence-electron chi connectivity index (χ1n) is 5.56. The van der Waals surface area contributed by atoms with Gasteiger partial charge in [-0.05, 0) is 29.2 Å². The smallest absolute Gasteiger partial charge is 0.163 e. The highest BCUT2D eigenvalue weighted by atomic mass is 16.1. The van der Waals surface area contributed by atoms with Gasteiger partial charge in [-0.15, -0.1) is 0 Å². The third-order valence-corrected chi connectivity index (χ3v) is 3.14. The van der Waals surface area contributed by atoms with Gasteiger partial charge in [0.2, 0.25) is 0 Å². The molecule has 16 heavy (non-hydrogen) atoms. The van der Waals surface area contributed by atoms with Crippen LogP contribution in [-0.4, -0.2) is 5.78 Å². The maximum absolute atomic E-state index is 11.6. The molecular weight excluding hydrogens is 196 g/mol. The Kier molecular flexibility index (Phi) is 2.10. The Bertz CT molecular complexity index is 541. The van der Waals surface area contributed by atoms with Crippen molar-refractivity contribution < 1.29 is 4.79 Å². The number of carbonyl (C=O) groups excluding carboxylic acids is 1. The maximum Gasteiger partial charge on any atom is 0.163 e. The van der Waals surface area contributed by atoms with Crippen LogP contribution in [-0.2, 0) is 6.42 Å². The van der Waals surface area contributed by atoms with Gasteiger partial charge in [-0.2, -0.15) is 0 Å². The summed E-state index contributed by atoms with van der Waals surface area (Å²) in [5.74, 6) is 0.285. The van der Waals surface area contributed by atoms with E-state index >= 15 is 0 Å². The molecule has 0 spiro atoms. The van der Waals surface area contributed by atoms with Crippen molar-refractivity contribution in [3.8, 4) is 11.1 Å². The average molecular weight is 208 g/mol. The Morgan fingerprint density at radius 2 is 1.62 bits per heavy atom. The molecule has 0 fully saturated rings. The normalized spacial score (nSPS) is 13.9. The molecule has 0 aromatic heterocycles. The van der Waals surface area contributed by atoms with Gasteiger partial charge < -0.3 is 0 Å². The van der Waals surface area contributed by atoms with Crippen molar-refractivity contribution in [2.45, 2.75) is 12.8 Å². The Balaban J connectivity index is 2.11. The molecule has 0 saturated carbocycles. The predicted molar refractivity (Wildman–Crippen MR) is 64.5 cm³/mol. The van der Waals surface area contributed by atoms with Gasteiger partial charge in [-0.25, -0.2) is 0 Å². The van der Waals surface area contributed by atoms with Gasteiger partial charge in [0, 0.05) is 12.0 Å². The highest BCUT2D eigenvalue weighted by molar-refractivity contribution is 6.01. The lowest BCUT2D eigenvalue weighted by Crippen LogP contribution is -1.91. The fourth-order valence-electron chi connectivity index (χ4n) is 2.25. The number of aryl methyl sites for hydroxylation is 1. The van der Waals surface area contributed by atoms with Crippen molar-refractivity contribution in [1.82, 2.24) is 0 Å². The molecule has 1 nitrogen and oxygen atoms in total. The summed E-state index contributed by atoms with van der Waals surface area (Å²) in [6.45, 7) is 0. The molecule has 0 radical (unpaired) electrons. The second-order valence-electron chi connectivity index (χ2n) is 4.16. The Morgan fingerprint density at radius 1 is 0.812 bits per heavy atom. The van der Waals surface area contributed by atoms with Crippen molar-refractivity contribution in [3.63, 3.8) is 0 Å². The van der Waals surface area contributed by atoms with E-state index in [2.05, 4.69) is 24.3 Å². The van der Waals surface area contributed by atoms with Crippen LogP contribution in [0.2, 0.25) is 0 Å². The summed E-state index contributed by atoms with van der Waals surface area (Å²) < 4.78 is 0. The van der Waals surface area contributed by atoms with Gasteiger partial charge >= 0.3 is 0 Å². The van der Waals surface area contributed by atoms with Crippen LogP contribution in [0.5, 0.6) is 0 Å². The van der Waals surface area contributed by atoms with Crippen LogP contribution >= 0.6 is 0 Å². The van der Waals surface area contributed by atoms with Crippen molar-refractivity contribution >= 4 is 5.78 Å². The summed E-state index contributed by atoms with van der Waals surface area (Å²) in [7, 11) is 0. The molecule has 2 aromatic carbocycles. The molecule has 0 unspecified atom stereocenters. The lowest BCUT2D eigenvalue weighted by molar-refractivity contribution is 0.0994. The summed E-state index contributed by atoms with van der Waals surface area (Å²) in [5.41, 5.74) is 4.42. The zero-order chi connectivity index (χ0) is 11.0. The van der Waals surface area contributed by atoms with E-state index in [1.807, 2.05) is 24.3 Å². The SMILES string of the molecule is O=C1CCc2ccc(-c3ccccc3)cc21. The Labute approximate surface area is 94.7 Å². The van der Waals surface area contributed by atoms with Crippen LogP contribution in [0.25, 0.3) is 11.1 Å². The molecule has 1 heteroatoms. The molecule has 1 aliphatic rings. The third kappa shape index (κ3) is 1.45. The molecule has 0 heterocycles. The highest BCUT2D eigenvalue weighted by Crippen LogP contribution is 2.27. The maximum atomic E-state index is 11.6. The fraction of sp³-hybridized carbons (Fsp3) is 0.133. The molecule has 0 atom stereocenters. The largest absolute Gasteiger partial charge is 0.294 e. The summed E-state index contributed by atoms with van der Waals surface area (Å²) in [4.78, 5) is 11.6. The lowest BCUT2D eigenvalue weighted by atomic mass is 10.0. The minimum absolute atomic E-state index is 0.285. The second-order valence-corrected chi connectivity index (χ2v) is 4.16. The molecule has 2 aromatic rings. The van der Waals surface area contributed by atoms with Gasteiger partial charge in [-0.3, -0.25) is 4.79 Å². The minimum atomic E-state index is 0.285. The van der Waals surface area contributed by atoms with E-state index < -0.39 is 0 Å². The summed E-state index contributed by atoms with van der Waals surface area (Å²) in [6.07, 6.45) is 1.58. The van der Waals surface area contributed by atoms with Gasteiger partial charge in [0.25, 0.3) is 0 Å². The number of fused-ring (bicyclic) bond motifs is 1. The number of benzene rings is 2. The molecule has 0 aliphatic heterocycles.